The summed E-state index contributed by atoms with van der Waals surface area (Å²) in [5.41, 5.74) is 1.96. The Hall–Kier alpha value is 0.220. The van der Waals surface area contributed by atoms with Crippen molar-refractivity contribution in [2.45, 2.75) is 38.9 Å². The highest BCUT2D eigenvalue weighted by molar-refractivity contribution is 9.09. The van der Waals surface area contributed by atoms with E-state index in [4.69, 9.17) is 0 Å². The minimum atomic E-state index is 0.406. The van der Waals surface area contributed by atoms with Gasteiger partial charge in [0.05, 0.1) is 0 Å². The molecule has 0 spiro atoms. The van der Waals surface area contributed by atoms with Crippen molar-refractivity contribution in [2.24, 2.45) is 11.3 Å². The summed E-state index contributed by atoms with van der Waals surface area (Å²) < 4.78 is 0. The van der Waals surface area contributed by atoms with E-state index in [-0.39, 0.29) is 0 Å². The number of hydrogen-bond acceptors (Lipinski definition) is 0. The predicted octanol–water partition coefficient (Wildman–Crippen LogP) is 3.76. The summed E-state index contributed by atoms with van der Waals surface area (Å²) in [5.74, 6) is 0.780. The summed E-state index contributed by atoms with van der Waals surface area (Å²) in [6.07, 6.45) is 3.62. The largest absolute Gasteiger partial charge is 0.0890 e. The van der Waals surface area contributed by atoms with Gasteiger partial charge in [-0.1, -0.05) is 48.4 Å². The zero-order chi connectivity index (χ0) is 8.65. The van der Waals surface area contributed by atoms with Crippen LogP contribution in [0.5, 0.6) is 0 Å². The molecular formula is C10H17Br. The van der Waals surface area contributed by atoms with Gasteiger partial charge in [0, 0.05) is 4.83 Å². The quantitative estimate of drug-likeness (QED) is 0.463. The van der Waals surface area contributed by atoms with E-state index in [1.54, 1.807) is 5.57 Å². The molecule has 0 aliphatic heterocycles. The lowest BCUT2D eigenvalue weighted by molar-refractivity contribution is 0.294. The molecule has 2 unspecified atom stereocenters. The molecule has 0 fully saturated rings. The van der Waals surface area contributed by atoms with Crippen molar-refractivity contribution in [1.29, 1.82) is 0 Å². The molecule has 1 heteroatoms. The highest BCUT2D eigenvalue weighted by Gasteiger charge is 2.36. The summed E-state index contributed by atoms with van der Waals surface area (Å²) in [6, 6.07) is 0. The van der Waals surface area contributed by atoms with Gasteiger partial charge in [0.15, 0.2) is 0 Å². The van der Waals surface area contributed by atoms with E-state index in [0.29, 0.717) is 10.2 Å². The first-order valence-electron chi connectivity index (χ1n) is 4.27. The van der Waals surface area contributed by atoms with Gasteiger partial charge in [-0.15, -0.1) is 0 Å². The lowest BCUT2D eigenvalue weighted by atomic mass is 9.76. The summed E-state index contributed by atoms with van der Waals surface area (Å²) in [7, 11) is 0. The van der Waals surface area contributed by atoms with Gasteiger partial charge in [-0.25, -0.2) is 0 Å². The fourth-order valence-electron chi connectivity index (χ4n) is 1.92. The summed E-state index contributed by atoms with van der Waals surface area (Å²) in [4.78, 5) is 0.631. The van der Waals surface area contributed by atoms with Gasteiger partial charge in [0.2, 0.25) is 0 Å². The maximum atomic E-state index is 3.67. The van der Waals surface area contributed by atoms with Gasteiger partial charge < -0.3 is 0 Å². The van der Waals surface area contributed by atoms with Crippen LogP contribution in [0, 0.1) is 11.3 Å². The Bertz CT molecular complexity index is 177. The van der Waals surface area contributed by atoms with Gasteiger partial charge in [0.25, 0.3) is 0 Å². The van der Waals surface area contributed by atoms with Crippen LogP contribution in [-0.4, -0.2) is 4.83 Å². The van der Waals surface area contributed by atoms with Gasteiger partial charge >= 0.3 is 0 Å². The van der Waals surface area contributed by atoms with Crippen molar-refractivity contribution in [3.05, 3.63) is 11.6 Å². The first-order chi connectivity index (χ1) is 4.96. The first-order valence-corrected chi connectivity index (χ1v) is 5.19. The molecule has 0 saturated heterocycles. The third kappa shape index (κ3) is 1.53. The van der Waals surface area contributed by atoms with Crippen molar-refractivity contribution in [1.82, 2.24) is 0 Å². The maximum absolute atomic E-state index is 3.67. The Morgan fingerprint density at radius 2 is 2.18 bits per heavy atom. The lowest BCUT2D eigenvalue weighted by Crippen LogP contribution is -2.26. The van der Waals surface area contributed by atoms with E-state index in [1.165, 1.54) is 6.42 Å². The van der Waals surface area contributed by atoms with Crippen molar-refractivity contribution >= 4 is 15.9 Å². The van der Waals surface area contributed by atoms with Gasteiger partial charge in [-0.2, -0.15) is 0 Å². The molecule has 1 aliphatic rings. The Morgan fingerprint density at radius 3 is 2.36 bits per heavy atom. The average Bonchev–Trinajstić information content (AvgIpc) is 2.08. The second-order valence-electron chi connectivity index (χ2n) is 4.13. The van der Waals surface area contributed by atoms with Crippen molar-refractivity contribution in [3.63, 3.8) is 0 Å². The molecule has 0 N–H and O–H groups in total. The second-order valence-corrected chi connectivity index (χ2v) is 5.57. The third-order valence-electron chi connectivity index (χ3n) is 3.18. The minimum absolute atomic E-state index is 0.406. The Morgan fingerprint density at radius 1 is 1.64 bits per heavy atom. The number of rotatable bonds is 1. The van der Waals surface area contributed by atoms with Gasteiger partial charge in [0.1, 0.15) is 0 Å². The standard InChI is InChI=1S/C10H17Br/c1-7-5-6-9(8(2)11)10(7,3)4/h5,8-9H,6H2,1-4H3. The molecule has 0 bridgehead atoms. The van der Waals surface area contributed by atoms with Crippen LogP contribution >= 0.6 is 15.9 Å². The average molecular weight is 217 g/mol. The van der Waals surface area contributed by atoms with Crippen LogP contribution in [-0.2, 0) is 0 Å². The second kappa shape index (κ2) is 2.93. The van der Waals surface area contributed by atoms with Crippen LogP contribution in [0.3, 0.4) is 0 Å². The Kier molecular flexibility index (Phi) is 2.48. The fraction of sp³-hybridized carbons (Fsp3) is 0.800. The fourth-order valence-corrected chi connectivity index (χ4v) is 2.79. The molecule has 0 aromatic rings. The van der Waals surface area contributed by atoms with Crippen molar-refractivity contribution < 1.29 is 0 Å². The van der Waals surface area contributed by atoms with E-state index in [0.717, 1.165) is 5.92 Å². The summed E-state index contributed by atoms with van der Waals surface area (Å²) in [5, 5.41) is 0. The Balaban J connectivity index is 2.78. The summed E-state index contributed by atoms with van der Waals surface area (Å²) >= 11 is 3.67. The van der Waals surface area contributed by atoms with Crippen molar-refractivity contribution in [2.75, 3.05) is 0 Å². The van der Waals surface area contributed by atoms with E-state index in [1.807, 2.05) is 0 Å². The minimum Gasteiger partial charge on any atom is -0.0890 e. The van der Waals surface area contributed by atoms with Crippen LogP contribution in [0.2, 0.25) is 0 Å². The molecule has 0 nitrogen and oxygen atoms in total. The van der Waals surface area contributed by atoms with E-state index in [2.05, 4.69) is 49.7 Å². The molecule has 0 heterocycles. The van der Waals surface area contributed by atoms with E-state index < -0.39 is 0 Å². The lowest BCUT2D eigenvalue weighted by Gasteiger charge is -2.31. The molecule has 1 rings (SSSR count). The van der Waals surface area contributed by atoms with Crippen LogP contribution in [0.15, 0.2) is 11.6 Å². The van der Waals surface area contributed by atoms with Crippen LogP contribution < -0.4 is 0 Å². The molecular weight excluding hydrogens is 200 g/mol. The van der Waals surface area contributed by atoms with Gasteiger partial charge in [-0.3, -0.25) is 0 Å². The molecule has 0 amide bonds. The third-order valence-corrected chi connectivity index (χ3v) is 3.81. The van der Waals surface area contributed by atoms with Gasteiger partial charge in [-0.05, 0) is 24.7 Å². The zero-order valence-corrected chi connectivity index (χ0v) is 9.40. The summed E-state index contributed by atoms with van der Waals surface area (Å²) in [6.45, 7) is 9.18. The molecule has 0 radical (unpaired) electrons. The molecule has 1 aliphatic carbocycles. The van der Waals surface area contributed by atoms with Crippen LogP contribution in [0.25, 0.3) is 0 Å². The van der Waals surface area contributed by atoms with Crippen LogP contribution in [0.4, 0.5) is 0 Å². The zero-order valence-electron chi connectivity index (χ0n) is 7.82. The maximum Gasteiger partial charge on any atom is 0.0156 e. The molecule has 64 valence electrons. The van der Waals surface area contributed by atoms with Crippen LogP contribution in [0.1, 0.15) is 34.1 Å². The molecule has 0 aromatic carbocycles. The highest BCUT2D eigenvalue weighted by Crippen LogP contribution is 2.46. The predicted molar refractivity (Wildman–Crippen MR) is 54.0 cm³/mol. The smallest absolute Gasteiger partial charge is 0.0156 e. The monoisotopic (exact) mass is 216 g/mol. The van der Waals surface area contributed by atoms with E-state index in [9.17, 15) is 0 Å². The SMILES string of the molecule is CC1=CCC(C(C)Br)C1(C)C. The number of hydrogen-bond donors (Lipinski definition) is 0. The Labute approximate surface area is 78.2 Å². The number of allylic oxidation sites excluding steroid dienone is 2. The number of alkyl halides is 1. The number of halogens is 1. The topological polar surface area (TPSA) is 0 Å². The molecule has 11 heavy (non-hydrogen) atoms. The highest BCUT2D eigenvalue weighted by atomic mass is 79.9. The molecule has 0 saturated carbocycles. The van der Waals surface area contributed by atoms with E-state index >= 15 is 0 Å². The molecule has 0 aromatic heterocycles. The normalized spacial score (nSPS) is 31.7. The first kappa shape index (κ1) is 9.31. The van der Waals surface area contributed by atoms with Crippen molar-refractivity contribution in [3.8, 4) is 0 Å². The molecule has 2 atom stereocenters.